The van der Waals surface area contributed by atoms with Gasteiger partial charge in [0.2, 0.25) is 17.6 Å². The molecule has 1 aliphatic rings. The van der Waals surface area contributed by atoms with Gasteiger partial charge in [0, 0.05) is 17.2 Å². The SMILES string of the molecule is C[C@H](C1CC1)N(CC(F)(F)F)C(=O)Cn1nnc(-c2ccc(C(N)=O)cc2)n1. The summed E-state index contributed by atoms with van der Waals surface area (Å²) in [7, 11) is 0. The van der Waals surface area contributed by atoms with Crippen LogP contribution in [0, 0.1) is 5.92 Å². The molecule has 1 aromatic heterocycles. The molecule has 0 spiro atoms. The Morgan fingerprint density at radius 2 is 1.93 bits per heavy atom. The average molecular weight is 396 g/mol. The smallest absolute Gasteiger partial charge is 0.366 e. The predicted octanol–water partition coefficient (Wildman–Crippen LogP) is 1.63. The summed E-state index contributed by atoms with van der Waals surface area (Å²) in [6.45, 7) is -0.124. The van der Waals surface area contributed by atoms with Crippen LogP contribution >= 0.6 is 0 Å². The lowest BCUT2D eigenvalue weighted by Crippen LogP contribution is -2.47. The summed E-state index contributed by atoms with van der Waals surface area (Å²) in [4.78, 5) is 25.4. The van der Waals surface area contributed by atoms with E-state index in [0.29, 0.717) is 11.1 Å². The Kier molecular flexibility index (Phi) is 5.34. The van der Waals surface area contributed by atoms with E-state index < -0.39 is 37.1 Å². The zero-order chi connectivity index (χ0) is 20.5. The van der Waals surface area contributed by atoms with E-state index in [4.69, 9.17) is 5.73 Å². The van der Waals surface area contributed by atoms with Crippen molar-refractivity contribution in [1.29, 1.82) is 0 Å². The number of hydrogen-bond acceptors (Lipinski definition) is 5. The van der Waals surface area contributed by atoms with Crippen molar-refractivity contribution >= 4 is 11.8 Å². The van der Waals surface area contributed by atoms with Crippen LogP contribution in [0.1, 0.15) is 30.1 Å². The molecule has 2 amide bonds. The molecular weight excluding hydrogens is 377 g/mol. The van der Waals surface area contributed by atoms with Gasteiger partial charge >= 0.3 is 6.18 Å². The van der Waals surface area contributed by atoms with Crippen LogP contribution in [0.5, 0.6) is 0 Å². The number of primary amides is 1. The fourth-order valence-corrected chi connectivity index (χ4v) is 2.91. The summed E-state index contributed by atoms with van der Waals surface area (Å²) in [6.07, 6.45) is -2.85. The van der Waals surface area contributed by atoms with Gasteiger partial charge in [-0.3, -0.25) is 9.59 Å². The Morgan fingerprint density at radius 1 is 1.29 bits per heavy atom. The Bertz CT molecular complexity index is 861. The maximum Gasteiger partial charge on any atom is 0.406 e. The van der Waals surface area contributed by atoms with Crippen LogP contribution in [0.25, 0.3) is 11.4 Å². The number of aromatic nitrogens is 4. The minimum Gasteiger partial charge on any atom is -0.366 e. The highest BCUT2D eigenvalue weighted by Crippen LogP contribution is 2.36. The third kappa shape index (κ3) is 4.84. The molecule has 1 aromatic carbocycles. The van der Waals surface area contributed by atoms with Crippen molar-refractivity contribution in [2.24, 2.45) is 11.7 Å². The van der Waals surface area contributed by atoms with Gasteiger partial charge in [0.1, 0.15) is 13.1 Å². The highest BCUT2D eigenvalue weighted by molar-refractivity contribution is 5.93. The summed E-state index contributed by atoms with van der Waals surface area (Å²) < 4.78 is 38.7. The summed E-state index contributed by atoms with van der Waals surface area (Å²) in [5.41, 5.74) is 6.01. The number of carbonyl (C=O) groups excluding carboxylic acids is 2. The van der Waals surface area contributed by atoms with Crippen LogP contribution in [0.3, 0.4) is 0 Å². The first-order chi connectivity index (χ1) is 13.1. The molecule has 0 unspecified atom stereocenters. The minimum absolute atomic E-state index is 0.0920. The van der Waals surface area contributed by atoms with E-state index >= 15 is 0 Å². The normalized spacial score (nSPS) is 15.3. The molecule has 0 radical (unpaired) electrons. The third-order valence-electron chi connectivity index (χ3n) is 4.62. The number of nitrogens with two attached hydrogens (primary N) is 1. The molecule has 3 rings (SSSR count). The molecule has 11 heteroatoms. The lowest BCUT2D eigenvalue weighted by atomic mass is 10.1. The molecule has 0 saturated heterocycles. The molecule has 1 aliphatic carbocycles. The fraction of sp³-hybridized carbons (Fsp3) is 0.471. The summed E-state index contributed by atoms with van der Waals surface area (Å²) in [5.74, 6) is -1.02. The van der Waals surface area contributed by atoms with Crippen molar-refractivity contribution in [3.8, 4) is 11.4 Å². The second kappa shape index (κ2) is 7.56. The molecular formula is C17H19F3N6O2. The van der Waals surface area contributed by atoms with Crippen LogP contribution in [0.2, 0.25) is 0 Å². The maximum atomic E-state index is 12.9. The maximum absolute atomic E-state index is 12.9. The van der Waals surface area contributed by atoms with E-state index in [-0.39, 0.29) is 11.7 Å². The number of carbonyl (C=O) groups is 2. The van der Waals surface area contributed by atoms with E-state index in [1.54, 1.807) is 19.1 Å². The van der Waals surface area contributed by atoms with Crippen molar-refractivity contribution in [2.75, 3.05) is 6.54 Å². The van der Waals surface area contributed by atoms with Gasteiger partial charge < -0.3 is 10.6 Å². The van der Waals surface area contributed by atoms with E-state index in [9.17, 15) is 22.8 Å². The number of rotatable bonds is 7. The summed E-state index contributed by atoms with van der Waals surface area (Å²) >= 11 is 0. The zero-order valence-electron chi connectivity index (χ0n) is 15.1. The number of benzene rings is 1. The van der Waals surface area contributed by atoms with Gasteiger partial charge in [0.05, 0.1) is 0 Å². The molecule has 2 aromatic rings. The summed E-state index contributed by atoms with van der Waals surface area (Å²) in [5, 5.41) is 11.6. The molecule has 1 saturated carbocycles. The topological polar surface area (TPSA) is 107 Å². The van der Waals surface area contributed by atoms with Gasteiger partial charge in [0.15, 0.2) is 0 Å². The standard InChI is InChI=1S/C17H19F3N6O2/c1-10(11-2-3-11)25(9-17(18,19)20)14(27)8-26-23-16(22-24-26)13-6-4-12(5-7-13)15(21)28/h4-7,10-11H,2-3,8-9H2,1H3,(H2,21,28)/t10-/m1/s1. The Labute approximate surface area is 158 Å². The Balaban J connectivity index is 1.71. The monoisotopic (exact) mass is 396 g/mol. The first kappa shape index (κ1) is 19.8. The minimum atomic E-state index is -4.48. The van der Waals surface area contributed by atoms with Crippen molar-refractivity contribution in [1.82, 2.24) is 25.1 Å². The second-order valence-corrected chi connectivity index (χ2v) is 6.80. The first-order valence-electron chi connectivity index (χ1n) is 8.68. The highest BCUT2D eigenvalue weighted by Gasteiger charge is 2.40. The van der Waals surface area contributed by atoms with Crippen LogP contribution in [-0.4, -0.2) is 55.7 Å². The predicted molar refractivity (Wildman–Crippen MR) is 91.7 cm³/mol. The van der Waals surface area contributed by atoms with Gasteiger partial charge in [-0.2, -0.15) is 18.0 Å². The van der Waals surface area contributed by atoms with Gasteiger partial charge in [-0.1, -0.05) is 12.1 Å². The zero-order valence-corrected chi connectivity index (χ0v) is 15.1. The number of alkyl halides is 3. The van der Waals surface area contributed by atoms with Crippen molar-refractivity contribution in [3.05, 3.63) is 29.8 Å². The molecule has 28 heavy (non-hydrogen) atoms. The van der Waals surface area contributed by atoms with Crippen LogP contribution in [0.15, 0.2) is 24.3 Å². The van der Waals surface area contributed by atoms with Gasteiger partial charge in [-0.25, -0.2) is 0 Å². The number of amides is 2. The van der Waals surface area contributed by atoms with Crippen LogP contribution in [-0.2, 0) is 11.3 Å². The molecule has 150 valence electrons. The number of nitrogens with zero attached hydrogens (tertiary/aromatic N) is 5. The molecule has 0 bridgehead atoms. The average Bonchev–Trinajstić information content (AvgIpc) is 3.38. The first-order valence-corrected chi connectivity index (χ1v) is 8.68. The molecule has 1 atom stereocenters. The van der Waals surface area contributed by atoms with Crippen molar-refractivity contribution < 1.29 is 22.8 Å². The van der Waals surface area contributed by atoms with E-state index in [1.165, 1.54) is 12.1 Å². The van der Waals surface area contributed by atoms with E-state index in [1.807, 2.05) is 0 Å². The largest absolute Gasteiger partial charge is 0.406 e. The lowest BCUT2D eigenvalue weighted by Gasteiger charge is -2.30. The van der Waals surface area contributed by atoms with Crippen LogP contribution in [0.4, 0.5) is 13.2 Å². The lowest BCUT2D eigenvalue weighted by molar-refractivity contribution is -0.166. The van der Waals surface area contributed by atoms with Gasteiger partial charge in [-0.15, -0.1) is 10.2 Å². The molecule has 1 heterocycles. The third-order valence-corrected chi connectivity index (χ3v) is 4.62. The van der Waals surface area contributed by atoms with E-state index in [0.717, 1.165) is 22.5 Å². The quantitative estimate of drug-likeness (QED) is 0.766. The molecule has 2 N–H and O–H groups in total. The van der Waals surface area contributed by atoms with E-state index in [2.05, 4.69) is 15.4 Å². The molecule has 8 nitrogen and oxygen atoms in total. The van der Waals surface area contributed by atoms with Crippen molar-refractivity contribution in [2.45, 2.75) is 38.5 Å². The Morgan fingerprint density at radius 3 is 2.46 bits per heavy atom. The van der Waals surface area contributed by atoms with Crippen molar-refractivity contribution in [3.63, 3.8) is 0 Å². The number of tetrazole rings is 1. The highest BCUT2D eigenvalue weighted by atomic mass is 19.4. The number of halogens is 3. The van der Waals surface area contributed by atoms with Crippen LogP contribution < -0.4 is 5.73 Å². The molecule has 1 fully saturated rings. The summed E-state index contributed by atoms with van der Waals surface area (Å²) in [6, 6.07) is 5.61. The number of hydrogen-bond donors (Lipinski definition) is 1. The fourth-order valence-electron chi connectivity index (χ4n) is 2.91. The molecule has 0 aliphatic heterocycles. The second-order valence-electron chi connectivity index (χ2n) is 6.80. The van der Waals surface area contributed by atoms with Gasteiger partial charge in [-0.05, 0) is 43.0 Å². The Hall–Kier alpha value is -2.98. The van der Waals surface area contributed by atoms with Gasteiger partial charge in [0.25, 0.3) is 0 Å².